The molecule has 1 aliphatic rings. The van der Waals surface area contributed by atoms with Crippen LogP contribution in [0.2, 0.25) is 0 Å². The van der Waals surface area contributed by atoms with E-state index in [1.54, 1.807) is 7.11 Å². The van der Waals surface area contributed by atoms with Crippen molar-refractivity contribution in [1.82, 2.24) is 9.97 Å². The highest BCUT2D eigenvalue weighted by molar-refractivity contribution is 5.34. The second-order valence-corrected chi connectivity index (χ2v) is 4.89. The number of rotatable bonds is 4. The minimum atomic E-state index is -0.00951. The first-order valence-electron chi connectivity index (χ1n) is 6.75. The fourth-order valence-electron chi connectivity index (χ4n) is 2.45. The van der Waals surface area contributed by atoms with E-state index in [0.717, 1.165) is 41.8 Å². The number of ether oxygens (including phenoxy) is 1. The van der Waals surface area contributed by atoms with E-state index < -0.39 is 0 Å². The van der Waals surface area contributed by atoms with Crippen molar-refractivity contribution in [2.45, 2.75) is 25.8 Å². The minimum Gasteiger partial charge on any atom is -0.497 e. The molecule has 2 N–H and O–H groups in total. The van der Waals surface area contributed by atoms with Crippen LogP contribution in [0.25, 0.3) is 0 Å². The minimum absolute atomic E-state index is 0.00951. The average Bonchev–Trinajstić information content (AvgIpc) is 2.94. The van der Waals surface area contributed by atoms with Crippen LogP contribution in [0.15, 0.2) is 29.1 Å². The van der Waals surface area contributed by atoms with Crippen molar-refractivity contribution in [3.8, 4) is 5.75 Å². The lowest BCUT2D eigenvalue weighted by Crippen LogP contribution is -2.17. The Morgan fingerprint density at radius 3 is 2.85 bits per heavy atom. The van der Waals surface area contributed by atoms with Gasteiger partial charge in [-0.3, -0.25) is 9.78 Å². The Labute approximate surface area is 117 Å². The molecule has 1 aliphatic carbocycles. The van der Waals surface area contributed by atoms with E-state index in [0.29, 0.717) is 12.5 Å². The summed E-state index contributed by atoms with van der Waals surface area (Å²) in [4.78, 5) is 19.1. The van der Waals surface area contributed by atoms with Gasteiger partial charge in [0.15, 0.2) is 0 Å². The molecule has 3 rings (SSSR count). The number of hydrogen-bond donors (Lipinski definition) is 2. The molecule has 0 amide bonds. The van der Waals surface area contributed by atoms with E-state index in [-0.39, 0.29) is 5.56 Å². The Morgan fingerprint density at radius 2 is 2.10 bits per heavy atom. The Morgan fingerprint density at radius 1 is 1.30 bits per heavy atom. The van der Waals surface area contributed by atoms with Crippen molar-refractivity contribution in [3.63, 3.8) is 0 Å². The molecule has 0 bridgehead atoms. The Bertz CT molecular complexity index is 662. The summed E-state index contributed by atoms with van der Waals surface area (Å²) in [7, 11) is 1.65. The number of aryl methyl sites for hydroxylation is 1. The normalized spacial score (nSPS) is 13.1. The zero-order chi connectivity index (χ0) is 13.9. The lowest BCUT2D eigenvalue weighted by atomic mass is 10.2. The van der Waals surface area contributed by atoms with Gasteiger partial charge in [0.25, 0.3) is 5.56 Å². The quantitative estimate of drug-likeness (QED) is 0.891. The first-order chi connectivity index (χ1) is 9.76. The second kappa shape index (κ2) is 5.36. The van der Waals surface area contributed by atoms with Crippen molar-refractivity contribution in [1.29, 1.82) is 0 Å². The summed E-state index contributed by atoms with van der Waals surface area (Å²) in [5, 5.41) is 3.16. The first kappa shape index (κ1) is 12.7. The summed E-state index contributed by atoms with van der Waals surface area (Å²) in [5.74, 6) is 1.38. The molecule has 0 atom stereocenters. The molecule has 0 saturated carbocycles. The molecule has 1 aromatic carbocycles. The van der Waals surface area contributed by atoms with Gasteiger partial charge in [-0.2, -0.15) is 0 Å². The van der Waals surface area contributed by atoms with Crippen LogP contribution in [0.4, 0.5) is 5.95 Å². The van der Waals surface area contributed by atoms with E-state index in [2.05, 4.69) is 15.3 Å². The van der Waals surface area contributed by atoms with Crippen molar-refractivity contribution in [2.75, 3.05) is 12.4 Å². The SMILES string of the molecule is COc1ccc(CNc2nc3c(c(=O)[nH]2)CCC3)cc1. The van der Waals surface area contributed by atoms with Gasteiger partial charge in [-0.15, -0.1) is 0 Å². The van der Waals surface area contributed by atoms with Gasteiger partial charge in [0, 0.05) is 12.1 Å². The monoisotopic (exact) mass is 271 g/mol. The maximum absolute atomic E-state index is 11.9. The van der Waals surface area contributed by atoms with Gasteiger partial charge in [-0.05, 0) is 37.0 Å². The van der Waals surface area contributed by atoms with Crippen molar-refractivity contribution < 1.29 is 4.74 Å². The molecule has 20 heavy (non-hydrogen) atoms. The summed E-state index contributed by atoms with van der Waals surface area (Å²) in [6.45, 7) is 0.617. The molecule has 1 heterocycles. The lowest BCUT2D eigenvalue weighted by molar-refractivity contribution is 0.414. The summed E-state index contributed by atoms with van der Waals surface area (Å²) in [6.07, 6.45) is 2.76. The number of benzene rings is 1. The fraction of sp³-hybridized carbons (Fsp3) is 0.333. The Balaban J connectivity index is 1.72. The van der Waals surface area contributed by atoms with Crippen LogP contribution in [0.5, 0.6) is 5.75 Å². The molecule has 0 fully saturated rings. The van der Waals surface area contributed by atoms with Gasteiger partial charge in [0.2, 0.25) is 5.95 Å². The molecular weight excluding hydrogens is 254 g/mol. The van der Waals surface area contributed by atoms with Gasteiger partial charge in [-0.1, -0.05) is 12.1 Å². The maximum atomic E-state index is 11.9. The molecule has 0 unspecified atom stereocenters. The zero-order valence-electron chi connectivity index (χ0n) is 11.4. The third-order valence-corrected chi connectivity index (χ3v) is 3.56. The second-order valence-electron chi connectivity index (χ2n) is 4.89. The van der Waals surface area contributed by atoms with Gasteiger partial charge in [-0.25, -0.2) is 4.98 Å². The summed E-state index contributed by atoms with van der Waals surface area (Å²) in [6, 6.07) is 7.79. The number of hydrogen-bond acceptors (Lipinski definition) is 4. The van der Waals surface area contributed by atoms with Crippen LogP contribution in [-0.4, -0.2) is 17.1 Å². The number of nitrogens with zero attached hydrogens (tertiary/aromatic N) is 1. The average molecular weight is 271 g/mol. The molecule has 1 aromatic heterocycles. The van der Waals surface area contributed by atoms with Gasteiger partial charge in [0.1, 0.15) is 5.75 Å². The van der Waals surface area contributed by atoms with Crippen molar-refractivity contribution in [3.05, 3.63) is 51.4 Å². The van der Waals surface area contributed by atoms with E-state index in [9.17, 15) is 4.79 Å². The Hall–Kier alpha value is -2.30. The largest absolute Gasteiger partial charge is 0.497 e. The highest BCUT2D eigenvalue weighted by Crippen LogP contribution is 2.17. The van der Waals surface area contributed by atoms with Crippen LogP contribution in [0.1, 0.15) is 23.2 Å². The number of fused-ring (bicyclic) bond motifs is 1. The molecule has 0 saturated heterocycles. The molecule has 5 nitrogen and oxygen atoms in total. The predicted molar refractivity (Wildman–Crippen MR) is 77.2 cm³/mol. The lowest BCUT2D eigenvalue weighted by Gasteiger charge is -2.08. The van der Waals surface area contributed by atoms with Crippen molar-refractivity contribution >= 4 is 5.95 Å². The van der Waals surface area contributed by atoms with E-state index in [4.69, 9.17) is 4.74 Å². The summed E-state index contributed by atoms with van der Waals surface area (Å²) >= 11 is 0. The predicted octanol–water partition coefficient (Wildman–Crippen LogP) is 1.88. The molecule has 0 spiro atoms. The standard InChI is InChI=1S/C15H17N3O2/c1-20-11-7-5-10(6-8-11)9-16-15-17-13-4-2-3-12(13)14(19)18-15/h5-8H,2-4,9H2,1H3,(H2,16,17,18,19). The smallest absolute Gasteiger partial charge is 0.255 e. The van der Waals surface area contributed by atoms with Crippen LogP contribution in [-0.2, 0) is 19.4 Å². The van der Waals surface area contributed by atoms with Gasteiger partial charge >= 0.3 is 0 Å². The van der Waals surface area contributed by atoms with Crippen LogP contribution in [0, 0.1) is 0 Å². The topological polar surface area (TPSA) is 67.0 Å². The van der Waals surface area contributed by atoms with E-state index >= 15 is 0 Å². The molecule has 5 heteroatoms. The molecular formula is C15H17N3O2. The fourth-order valence-corrected chi connectivity index (χ4v) is 2.45. The van der Waals surface area contributed by atoms with E-state index in [1.807, 2.05) is 24.3 Å². The molecule has 2 aromatic rings. The number of aromatic amines is 1. The van der Waals surface area contributed by atoms with Crippen LogP contribution in [0.3, 0.4) is 0 Å². The van der Waals surface area contributed by atoms with Crippen molar-refractivity contribution in [2.24, 2.45) is 0 Å². The highest BCUT2D eigenvalue weighted by atomic mass is 16.5. The third kappa shape index (κ3) is 2.52. The number of methoxy groups -OCH3 is 1. The van der Waals surface area contributed by atoms with Crippen LogP contribution < -0.4 is 15.6 Å². The van der Waals surface area contributed by atoms with E-state index in [1.165, 1.54) is 0 Å². The number of anilines is 1. The van der Waals surface area contributed by atoms with Crippen LogP contribution >= 0.6 is 0 Å². The molecule has 0 aliphatic heterocycles. The number of aromatic nitrogens is 2. The summed E-state index contributed by atoms with van der Waals surface area (Å²) < 4.78 is 5.12. The first-order valence-corrected chi connectivity index (χ1v) is 6.75. The van der Waals surface area contributed by atoms with Gasteiger partial charge in [0.05, 0.1) is 12.8 Å². The third-order valence-electron chi connectivity index (χ3n) is 3.56. The number of H-pyrrole nitrogens is 1. The molecule has 104 valence electrons. The maximum Gasteiger partial charge on any atom is 0.255 e. The highest BCUT2D eigenvalue weighted by Gasteiger charge is 2.16. The zero-order valence-corrected chi connectivity index (χ0v) is 11.4. The number of nitrogens with one attached hydrogen (secondary N) is 2. The summed E-state index contributed by atoms with van der Waals surface area (Å²) in [5.41, 5.74) is 2.88. The molecule has 0 radical (unpaired) electrons. The Kier molecular flexibility index (Phi) is 3.41. The van der Waals surface area contributed by atoms with Gasteiger partial charge < -0.3 is 10.1 Å².